The molecule has 6 nitrogen and oxygen atoms in total. The number of likely N-dealkylation sites (tertiary alicyclic amines) is 1. The zero-order valence-corrected chi connectivity index (χ0v) is 14.4. The summed E-state index contributed by atoms with van der Waals surface area (Å²) in [5.41, 5.74) is 1.52. The summed E-state index contributed by atoms with van der Waals surface area (Å²) >= 11 is 0. The number of carbonyl (C=O) groups excluding carboxylic acids is 1. The minimum Gasteiger partial charge on any atom is -0.365 e. The number of nitrogens with one attached hydrogen (secondary N) is 1. The number of nitrogens with zero attached hydrogens (tertiary/aromatic N) is 4. The van der Waals surface area contributed by atoms with Crippen molar-refractivity contribution < 1.29 is 9.18 Å². The van der Waals surface area contributed by atoms with Crippen LogP contribution in [0.15, 0.2) is 24.7 Å². The van der Waals surface area contributed by atoms with Gasteiger partial charge >= 0.3 is 0 Å². The van der Waals surface area contributed by atoms with Crippen LogP contribution in [-0.2, 0) is 13.6 Å². The fourth-order valence-corrected chi connectivity index (χ4v) is 3.33. The van der Waals surface area contributed by atoms with Crippen LogP contribution in [0.25, 0.3) is 0 Å². The van der Waals surface area contributed by atoms with Crippen molar-refractivity contribution in [3.05, 3.63) is 41.7 Å². The highest BCUT2D eigenvalue weighted by Gasteiger charge is 2.34. The fourth-order valence-electron chi connectivity index (χ4n) is 3.33. The summed E-state index contributed by atoms with van der Waals surface area (Å²) in [6.45, 7) is 3.37. The first-order valence-electron chi connectivity index (χ1n) is 8.19. The Hall–Kier alpha value is -2.15. The Morgan fingerprint density at radius 1 is 1.54 bits per heavy atom. The number of likely N-dealkylation sites (N-methyl/N-ethyl adjacent to an activating group) is 1. The molecule has 0 saturated carbocycles. The Balaban J connectivity index is 1.67. The minimum absolute atomic E-state index is 0.00454. The summed E-state index contributed by atoms with van der Waals surface area (Å²) in [4.78, 5) is 23.7. The molecule has 1 fully saturated rings. The van der Waals surface area contributed by atoms with Crippen LogP contribution in [0, 0.1) is 6.92 Å². The Bertz CT molecular complexity index is 709. The van der Waals surface area contributed by atoms with E-state index >= 15 is 0 Å². The van der Waals surface area contributed by atoms with Crippen molar-refractivity contribution in [3.63, 3.8) is 0 Å². The number of alkyl halides is 1. The highest BCUT2D eigenvalue weighted by Crippen LogP contribution is 2.23. The molecule has 2 atom stereocenters. The van der Waals surface area contributed by atoms with Gasteiger partial charge in [0.15, 0.2) is 0 Å². The number of carbonyl (C=O) groups is 1. The number of imidazole rings is 1. The van der Waals surface area contributed by atoms with Crippen LogP contribution in [0.3, 0.4) is 0 Å². The van der Waals surface area contributed by atoms with Crippen LogP contribution in [0.1, 0.15) is 28.3 Å². The number of halogens is 1. The van der Waals surface area contributed by atoms with Crippen LogP contribution in [0.4, 0.5) is 4.39 Å². The summed E-state index contributed by atoms with van der Waals surface area (Å²) in [7, 11) is 3.71. The van der Waals surface area contributed by atoms with E-state index in [9.17, 15) is 9.18 Å². The van der Waals surface area contributed by atoms with E-state index < -0.39 is 6.17 Å². The number of hydrogen-bond donors (Lipinski definition) is 1. The van der Waals surface area contributed by atoms with Gasteiger partial charge in [-0.15, -0.1) is 0 Å². The Morgan fingerprint density at radius 3 is 2.96 bits per heavy atom. The second-order valence-electron chi connectivity index (χ2n) is 6.57. The molecule has 0 radical (unpaired) electrons. The predicted molar refractivity (Wildman–Crippen MR) is 89.4 cm³/mol. The first-order valence-corrected chi connectivity index (χ1v) is 8.19. The number of H-pyrrole nitrogens is 1. The first kappa shape index (κ1) is 16.7. The topological polar surface area (TPSA) is 57.2 Å². The van der Waals surface area contributed by atoms with Gasteiger partial charge in [0.25, 0.3) is 5.91 Å². The van der Waals surface area contributed by atoms with Crippen molar-refractivity contribution in [2.75, 3.05) is 20.1 Å². The molecule has 0 aliphatic carbocycles. The molecule has 1 aliphatic heterocycles. The molecule has 0 unspecified atom stereocenters. The van der Waals surface area contributed by atoms with E-state index in [0.717, 1.165) is 11.5 Å². The number of rotatable bonds is 5. The third kappa shape index (κ3) is 3.36. The van der Waals surface area contributed by atoms with E-state index in [4.69, 9.17) is 0 Å². The highest BCUT2D eigenvalue weighted by molar-refractivity contribution is 5.95. The van der Waals surface area contributed by atoms with Crippen molar-refractivity contribution in [2.24, 2.45) is 7.05 Å². The third-order valence-corrected chi connectivity index (χ3v) is 4.76. The molecular formula is C17H24FN5O. The number of aromatic nitrogens is 3. The summed E-state index contributed by atoms with van der Waals surface area (Å²) in [5, 5.41) is 0. The van der Waals surface area contributed by atoms with E-state index in [1.165, 1.54) is 0 Å². The molecule has 24 heavy (non-hydrogen) atoms. The maximum absolute atomic E-state index is 14.0. The van der Waals surface area contributed by atoms with Gasteiger partial charge in [0, 0.05) is 57.5 Å². The molecule has 3 rings (SSSR count). The summed E-state index contributed by atoms with van der Waals surface area (Å²) in [5.74, 6) is 0.873. The molecular weight excluding hydrogens is 309 g/mol. The lowest BCUT2D eigenvalue weighted by Gasteiger charge is -2.28. The normalized spacial score (nSPS) is 21.3. The second-order valence-corrected chi connectivity index (χ2v) is 6.57. The van der Waals surface area contributed by atoms with Crippen molar-refractivity contribution >= 4 is 5.91 Å². The molecule has 1 aliphatic rings. The van der Waals surface area contributed by atoms with Crippen LogP contribution in [0.2, 0.25) is 0 Å². The fraction of sp³-hybridized carbons (Fsp3) is 0.529. The SMILES string of the molecule is Cc1[nH]ccc1C(=O)N(C)C[C@@H]1C[C@H](F)CN1Cc1nccn1C. The standard InChI is InChI=1S/C17H24FN5O/c1-12-15(4-5-19-12)17(24)22(3)10-14-8-13(18)9-23(14)11-16-20-6-7-21(16)2/h4-7,13-14,19H,8-11H2,1-3H3/t13-,14-/m0/s1. The Labute approximate surface area is 141 Å². The summed E-state index contributed by atoms with van der Waals surface area (Å²) in [6.07, 6.45) is 4.99. The van der Waals surface area contributed by atoms with Gasteiger partial charge in [-0.25, -0.2) is 9.37 Å². The maximum atomic E-state index is 14.0. The van der Waals surface area contributed by atoms with Gasteiger partial charge in [-0.1, -0.05) is 0 Å². The van der Waals surface area contributed by atoms with Crippen LogP contribution >= 0.6 is 0 Å². The summed E-state index contributed by atoms with van der Waals surface area (Å²) in [6, 6.07) is 1.79. The van der Waals surface area contributed by atoms with Crippen molar-refractivity contribution in [1.29, 1.82) is 0 Å². The maximum Gasteiger partial charge on any atom is 0.255 e. The monoisotopic (exact) mass is 333 g/mol. The van der Waals surface area contributed by atoms with Crippen molar-refractivity contribution in [1.82, 2.24) is 24.3 Å². The highest BCUT2D eigenvalue weighted by atomic mass is 19.1. The van der Waals surface area contributed by atoms with E-state index in [1.807, 2.05) is 24.7 Å². The average molecular weight is 333 g/mol. The molecule has 2 aromatic rings. The van der Waals surface area contributed by atoms with Gasteiger partial charge in [-0.3, -0.25) is 9.69 Å². The van der Waals surface area contributed by atoms with E-state index in [0.29, 0.717) is 31.6 Å². The smallest absolute Gasteiger partial charge is 0.255 e. The first-order chi connectivity index (χ1) is 11.5. The Kier molecular flexibility index (Phi) is 4.71. The molecule has 130 valence electrons. The molecule has 2 aromatic heterocycles. The molecule has 1 N–H and O–H groups in total. The van der Waals surface area contributed by atoms with Crippen molar-refractivity contribution in [2.45, 2.75) is 32.1 Å². The molecule has 7 heteroatoms. The van der Waals surface area contributed by atoms with Crippen molar-refractivity contribution in [3.8, 4) is 0 Å². The zero-order chi connectivity index (χ0) is 17.3. The number of amides is 1. The third-order valence-electron chi connectivity index (χ3n) is 4.76. The van der Waals surface area contributed by atoms with Gasteiger partial charge in [0.05, 0.1) is 12.1 Å². The van der Waals surface area contributed by atoms with E-state index in [1.54, 1.807) is 30.4 Å². The van der Waals surface area contributed by atoms with E-state index in [-0.39, 0.29) is 11.9 Å². The van der Waals surface area contributed by atoms with Crippen LogP contribution < -0.4 is 0 Å². The molecule has 0 aromatic carbocycles. The minimum atomic E-state index is -0.854. The van der Waals surface area contributed by atoms with E-state index in [2.05, 4.69) is 14.9 Å². The number of aromatic amines is 1. The second kappa shape index (κ2) is 6.76. The largest absolute Gasteiger partial charge is 0.365 e. The zero-order valence-electron chi connectivity index (χ0n) is 14.4. The van der Waals surface area contributed by atoms with Crippen LogP contribution in [0.5, 0.6) is 0 Å². The van der Waals surface area contributed by atoms with Gasteiger partial charge < -0.3 is 14.5 Å². The Morgan fingerprint density at radius 2 is 2.33 bits per heavy atom. The van der Waals surface area contributed by atoms with Gasteiger partial charge in [-0.2, -0.15) is 0 Å². The van der Waals surface area contributed by atoms with Gasteiger partial charge in [0.2, 0.25) is 0 Å². The molecule has 1 saturated heterocycles. The van der Waals surface area contributed by atoms with Gasteiger partial charge in [0.1, 0.15) is 12.0 Å². The lowest BCUT2D eigenvalue weighted by atomic mass is 10.1. The number of aryl methyl sites for hydroxylation is 2. The number of hydrogen-bond acceptors (Lipinski definition) is 3. The quantitative estimate of drug-likeness (QED) is 0.907. The average Bonchev–Trinajstić information content (AvgIpc) is 3.22. The van der Waals surface area contributed by atoms with Gasteiger partial charge in [-0.05, 0) is 19.4 Å². The molecule has 0 spiro atoms. The summed E-state index contributed by atoms with van der Waals surface area (Å²) < 4.78 is 15.9. The lowest BCUT2D eigenvalue weighted by molar-refractivity contribution is 0.0747. The lowest BCUT2D eigenvalue weighted by Crippen LogP contribution is -2.41. The molecule has 1 amide bonds. The van der Waals surface area contributed by atoms with Crippen LogP contribution in [-0.4, -0.2) is 62.6 Å². The predicted octanol–water partition coefficient (Wildman–Crippen LogP) is 1.74. The molecule has 0 bridgehead atoms. The molecule has 3 heterocycles.